The van der Waals surface area contributed by atoms with Gasteiger partial charge in [0.15, 0.2) is 0 Å². The third-order valence-electron chi connectivity index (χ3n) is 9.18. The molecule has 0 aliphatic carbocycles. The zero-order chi connectivity index (χ0) is 28.1. The number of nitrogens with two attached hydrogens (primary N) is 1. The molecule has 3 atom stereocenters. The van der Waals surface area contributed by atoms with Gasteiger partial charge in [-0.1, -0.05) is 85.5 Å². The highest BCUT2D eigenvalue weighted by atomic mass is 16.5. The average molecular weight is 530 g/mol. The quantitative estimate of drug-likeness (QED) is 0.181. The van der Waals surface area contributed by atoms with Crippen LogP contribution in [0.15, 0.2) is 0 Å². The summed E-state index contributed by atoms with van der Waals surface area (Å²) in [6.07, 6.45) is 18.9. The van der Waals surface area contributed by atoms with Gasteiger partial charge in [0.25, 0.3) is 0 Å². The van der Waals surface area contributed by atoms with E-state index in [0.717, 1.165) is 74.5 Å². The number of rotatable bonds is 19. The predicted octanol–water partition coefficient (Wildman–Crippen LogP) is 10.0. The van der Waals surface area contributed by atoms with Crippen molar-refractivity contribution in [1.29, 1.82) is 0 Å². The highest BCUT2D eigenvalue weighted by molar-refractivity contribution is 5.59. The molecular formula is C35H63NO2. The second kappa shape index (κ2) is 16.8. The zero-order valence-corrected chi connectivity index (χ0v) is 26.6. The van der Waals surface area contributed by atoms with Crippen LogP contribution in [0.1, 0.15) is 147 Å². The topological polar surface area (TPSA) is 44.5 Å². The Labute approximate surface area is 237 Å². The van der Waals surface area contributed by atoms with Crippen LogP contribution in [0.4, 0.5) is 0 Å². The molecule has 0 unspecified atom stereocenters. The van der Waals surface area contributed by atoms with E-state index in [2.05, 4.69) is 55.4 Å². The molecule has 38 heavy (non-hydrogen) atoms. The smallest absolute Gasteiger partial charge is 0.127 e. The Kier molecular flexibility index (Phi) is 14.6. The highest BCUT2D eigenvalue weighted by Gasteiger charge is 2.34. The first-order valence-corrected chi connectivity index (χ1v) is 16.2. The molecule has 1 aromatic carbocycles. The SMILES string of the molecule is Cc1c(C)c2c(c(C)c1OCCCCCCN)CC[C@@](C)(CCC[C@H](C)CCC[C@H](C)CCCC(C)C)O2. The van der Waals surface area contributed by atoms with Crippen molar-refractivity contribution in [2.24, 2.45) is 23.5 Å². The number of ether oxygens (including phenoxy) is 2. The maximum atomic E-state index is 6.82. The molecule has 2 rings (SSSR count). The molecule has 0 amide bonds. The molecule has 1 aliphatic heterocycles. The first kappa shape index (κ1) is 33.0. The molecule has 0 spiro atoms. The number of unbranched alkanes of at least 4 members (excludes halogenated alkanes) is 3. The molecule has 3 heteroatoms. The molecule has 1 heterocycles. The fraction of sp³-hybridized carbons (Fsp3) is 0.829. The molecule has 2 N–H and O–H groups in total. The lowest BCUT2D eigenvalue weighted by Crippen LogP contribution is -2.37. The van der Waals surface area contributed by atoms with Gasteiger partial charge in [0.05, 0.1) is 6.61 Å². The van der Waals surface area contributed by atoms with Crippen molar-refractivity contribution in [3.05, 3.63) is 22.3 Å². The summed E-state index contributed by atoms with van der Waals surface area (Å²) in [5.41, 5.74) is 10.8. The van der Waals surface area contributed by atoms with Gasteiger partial charge in [-0.25, -0.2) is 0 Å². The van der Waals surface area contributed by atoms with E-state index in [9.17, 15) is 0 Å². The van der Waals surface area contributed by atoms with Gasteiger partial charge in [0.1, 0.15) is 17.1 Å². The van der Waals surface area contributed by atoms with Crippen LogP contribution in [0, 0.1) is 38.5 Å². The third-order valence-corrected chi connectivity index (χ3v) is 9.18. The lowest BCUT2D eigenvalue weighted by molar-refractivity contribution is 0.0511. The monoisotopic (exact) mass is 529 g/mol. The molecule has 0 fully saturated rings. The van der Waals surface area contributed by atoms with Crippen LogP contribution >= 0.6 is 0 Å². The van der Waals surface area contributed by atoms with E-state index in [-0.39, 0.29) is 5.60 Å². The van der Waals surface area contributed by atoms with Crippen LogP contribution in [0.3, 0.4) is 0 Å². The van der Waals surface area contributed by atoms with E-state index >= 15 is 0 Å². The second-order valence-electron chi connectivity index (χ2n) is 13.5. The van der Waals surface area contributed by atoms with Crippen molar-refractivity contribution >= 4 is 0 Å². The minimum Gasteiger partial charge on any atom is -0.493 e. The summed E-state index contributed by atoms with van der Waals surface area (Å²) in [5, 5.41) is 0. The highest BCUT2D eigenvalue weighted by Crippen LogP contribution is 2.45. The van der Waals surface area contributed by atoms with Crippen molar-refractivity contribution in [2.45, 2.75) is 157 Å². The summed E-state index contributed by atoms with van der Waals surface area (Å²) in [5.74, 6) is 4.79. The molecular weight excluding hydrogens is 466 g/mol. The van der Waals surface area contributed by atoms with Gasteiger partial charge in [-0.05, 0) is 107 Å². The fourth-order valence-corrected chi connectivity index (χ4v) is 6.25. The Balaban J connectivity index is 1.80. The number of hydrogen-bond acceptors (Lipinski definition) is 3. The van der Waals surface area contributed by atoms with Crippen molar-refractivity contribution < 1.29 is 9.47 Å². The van der Waals surface area contributed by atoms with E-state index in [4.69, 9.17) is 15.2 Å². The summed E-state index contributed by atoms with van der Waals surface area (Å²) in [4.78, 5) is 0. The van der Waals surface area contributed by atoms with E-state index in [1.54, 1.807) is 0 Å². The lowest BCUT2D eigenvalue weighted by Gasteiger charge is -2.38. The number of fused-ring (bicyclic) bond motifs is 1. The Morgan fingerprint density at radius 3 is 2.00 bits per heavy atom. The predicted molar refractivity (Wildman–Crippen MR) is 166 cm³/mol. The van der Waals surface area contributed by atoms with Gasteiger partial charge in [-0.3, -0.25) is 0 Å². The van der Waals surface area contributed by atoms with Crippen molar-refractivity contribution in [3.63, 3.8) is 0 Å². The molecule has 3 nitrogen and oxygen atoms in total. The van der Waals surface area contributed by atoms with E-state index in [1.165, 1.54) is 86.5 Å². The molecule has 0 saturated heterocycles. The molecule has 1 aliphatic rings. The summed E-state index contributed by atoms with van der Waals surface area (Å²) in [7, 11) is 0. The average Bonchev–Trinajstić information content (AvgIpc) is 2.86. The van der Waals surface area contributed by atoms with Crippen molar-refractivity contribution in [2.75, 3.05) is 13.2 Å². The third kappa shape index (κ3) is 10.7. The van der Waals surface area contributed by atoms with E-state index in [0.29, 0.717) is 0 Å². The second-order valence-corrected chi connectivity index (χ2v) is 13.5. The number of hydrogen-bond donors (Lipinski definition) is 1. The number of benzene rings is 1. The van der Waals surface area contributed by atoms with Crippen LogP contribution < -0.4 is 15.2 Å². The Morgan fingerprint density at radius 2 is 1.37 bits per heavy atom. The van der Waals surface area contributed by atoms with E-state index < -0.39 is 0 Å². The first-order chi connectivity index (χ1) is 18.1. The molecule has 1 aromatic rings. The summed E-state index contributed by atoms with van der Waals surface area (Å²) in [6, 6.07) is 0. The van der Waals surface area contributed by atoms with Crippen LogP contribution in [0.25, 0.3) is 0 Å². The van der Waals surface area contributed by atoms with Crippen LogP contribution in [0.2, 0.25) is 0 Å². The molecule has 0 radical (unpaired) electrons. The first-order valence-electron chi connectivity index (χ1n) is 16.2. The lowest BCUT2D eigenvalue weighted by atomic mass is 9.83. The van der Waals surface area contributed by atoms with Crippen LogP contribution in [0.5, 0.6) is 11.5 Å². The summed E-state index contributed by atoms with van der Waals surface area (Å²) < 4.78 is 13.1. The normalized spacial score (nSPS) is 18.8. The maximum Gasteiger partial charge on any atom is 0.127 e. The Hall–Kier alpha value is -1.22. The molecule has 220 valence electrons. The standard InChI is InChI=1S/C35H63NO2/c1-26(2)16-13-17-27(3)18-14-19-28(4)20-15-22-35(8)23-21-32-31(7)33(29(5)30(6)34(32)38-35)37-25-12-10-9-11-24-36/h26-28H,9-25,36H2,1-8H3/t27-,28-,35-/m1/s1. The summed E-state index contributed by atoms with van der Waals surface area (Å²) in [6.45, 7) is 20.2. The van der Waals surface area contributed by atoms with E-state index in [1.807, 2.05) is 0 Å². The minimum absolute atomic E-state index is 0.0490. The summed E-state index contributed by atoms with van der Waals surface area (Å²) >= 11 is 0. The van der Waals surface area contributed by atoms with Gasteiger partial charge in [-0.15, -0.1) is 0 Å². The van der Waals surface area contributed by atoms with Gasteiger partial charge < -0.3 is 15.2 Å². The zero-order valence-electron chi connectivity index (χ0n) is 26.6. The fourth-order valence-electron chi connectivity index (χ4n) is 6.25. The van der Waals surface area contributed by atoms with Gasteiger partial charge in [0.2, 0.25) is 0 Å². The van der Waals surface area contributed by atoms with Crippen molar-refractivity contribution in [3.8, 4) is 11.5 Å². The van der Waals surface area contributed by atoms with Gasteiger partial charge in [-0.2, -0.15) is 0 Å². The van der Waals surface area contributed by atoms with Crippen molar-refractivity contribution in [1.82, 2.24) is 0 Å². The van der Waals surface area contributed by atoms with Crippen LogP contribution in [-0.4, -0.2) is 18.8 Å². The molecule has 0 saturated carbocycles. The Bertz CT molecular complexity index is 817. The Morgan fingerprint density at radius 1 is 0.763 bits per heavy atom. The largest absolute Gasteiger partial charge is 0.493 e. The van der Waals surface area contributed by atoms with Crippen LogP contribution in [-0.2, 0) is 6.42 Å². The molecule has 0 aromatic heterocycles. The minimum atomic E-state index is -0.0490. The maximum absolute atomic E-state index is 6.82. The van der Waals surface area contributed by atoms with Gasteiger partial charge >= 0.3 is 0 Å². The van der Waals surface area contributed by atoms with Gasteiger partial charge in [0, 0.05) is 5.56 Å². The molecule has 0 bridgehead atoms.